The Morgan fingerprint density at radius 2 is 1.95 bits per heavy atom. The van der Waals surface area contributed by atoms with E-state index >= 15 is 0 Å². The summed E-state index contributed by atoms with van der Waals surface area (Å²) in [6, 6.07) is 13.2. The number of hydrogen-bond donors (Lipinski definition) is 1. The Bertz CT molecular complexity index is 459. The molecule has 102 valence electrons. The SMILES string of the molecule is CCCNC(CCc1ccco1)c1ccc(C)cc1. The Hall–Kier alpha value is -1.54. The Kier molecular flexibility index (Phi) is 5.22. The average Bonchev–Trinajstić information content (AvgIpc) is 2.93. The molecule has 1 heterocycles. The van der Waals surface area contributed by atoms with E-state index in [2.05, 4.69) is 43.4 Å². The van der Waals surface area contributed by atoms with Gasteiger partial charge in [-0.15, -0.1) is 0 Å². The summed E-state index contributed by atoms with van der Waals surface area (Å²) in [4.78, 5) is 0. The zero-order valence-electron chi connectivity index (χ0n) is 11.9. The first-order valence-electron chi connectivity index (χ1n) is 7.12. The van der Waals surface area contributed by atoms with Crippen molar-refractivity contribution in [2.75, 3.05) is 6.54 Å². The third-order valence-electron chi connectivity index (χ3n) is 3.38. The maximum atomic E-state index is 5.42. The van der Waals surface area contributed by atoms with Gasteiger partial charge in [-0.2, -0.15) is 0 Å². The van der Waals surface area contributed by atoms with Gasteiger partial charge in [0, 0.05) is 12.5 Å². The van der Waals surface area contributed by atoms with Crippen LogP contribution in [0.4, 0.5) is 0 Å². The van der Waals surface area contributed by atoms with E-state index in [9.17, 15) is 0 Å². The van der Waals surface area contributed by atoms with Crippen molar-refractivity contribution in [2.24, 2.45) is 0 Å². The molecule has 0 radical (unpaired) electrons. The Balaban J connectivity index is 2.00. The summed E-state index contributed by atoms with van der Waals surface area (Å²) in [7, 11) is 0. The van der Waals surface area contributed by atoms with Crippen molar-refractivity contribution in [2.45, 2.75) is 39.2 Å². The lowest BCUT2D eigenvalue weighted by molar-refractivity contribution is 0.452. The monoisotopic (exact) mass is 257 g/mol. The number of aryl methyl sites for hydroxylation is 2. The second kappa shape index (κ2) is 7.15. The number of hydrogen-bond acceptors (Lipinski definition) is 2. The minimum Gasteiger partial charge on any atom is -0.469 e. The van der Waals surface area contributed by atoms with Gasteiger partial charge in [-0.25, -0.2) is 0 Å². The zero-order chi connectivity index (χ0) is 13.5. The van der Waals surface area contributed by atoms with Crippen LogP contribution in [0.5, 0.6) is 0 Å². The summed E-state index contributed by atoms with van der Waals surface area (Å²) in [5.41, 5.74) is 2.68. The van der Waals surface area contributed by atoms with Gasteiger partial charge in [0.15, 0.2) is 0 Å². The van der Waals surface area contributed by atoms with Crippen LogP contribution in [0.15, 0.2) is 47.1 Å². The van der Waals surface area contributed by atoms with E-state index in [0.29, 0.717) is 6.04 Å². The zero-order valence-corrected chi connectivity index (χ0v) is 11.9. The molecule has 2 rings (SSSR count). The standard InChI is InChI=1S/C17H23NO/c1-3-12-18-17(11-10-16-5-4-13-19-16)15-8-6-14(2)7-9-15/h4-9,13,17-18H,3,10-12H2,1-2H3. The fourth-order valence-corrected chi connectivity index (χ4v) is 2.25. The number of nitrogens with one attached hydrogen (secondary N) is 1. The molecule has 1 atom stereocenters. The van der Waals surface area contributed by atoms with Crippen LogP contribution in [0, 0.1) is 6.92 Å². The second-order valence-electron chi connectivity index (χ2n) is 5.04. The molecular formula is C17H23NO. The van der Waals surface area contributed by atoms with Crippen molar-refractivity contribution in [3.8, 4) is 0 Å². The predicted octanol–water partition coefficient (Wildman–Crippen LogP) is 4.26. The molecule has 1 aromatic heterocycles. The molecule has 0 aliphatic carbocycles. The normalized spacial score (nSPS) is 12.5. The van der Waals surface area contributed by atoms with Gasteiger partial charge >= 0.3 is 0 Å². The molecule has 0 saturated carbocycles. The Labute approximate surface area is 115 Å². The third-order valence-corrected chi connectivity index (χ3v) is 3.38. The molecule has 2 heteroatoms. The van der Waals surface area contributed by atoms with Crippen LogP contribution in [0.25, 0.3) is 0 Å². The fourth-order valence-electron chi connectivity index (χ4n) is 2.25. The van der Waals surface area contributed by atoms with Crippen molar-refractivity contribution < 1.29 is 4.42 Å². The van der Waals surface area contributed by atoms with Crippen LogP contribution in [0.1, 0.15) is 42.7 Å². The summed E-state index contributed by atoms with van der Waals surface area (Å²) in [6.07, 6.45) is 4.94. The van der Waals surface area contributed by atoms with Crippen molar-refractivity contribution >= 4 is 0 Å². The Morgan fingerprint density at radius 1 is 1.16 bits per heavy atom. The van der Waals surface area contributed by atoms with Crippen LogP contribution in [-0.4, -0.2) is 6.54 Å². The summed E-state index contributed by atoms with van der Waals surface area (Å²) in [5.74, 6) is 1.07. The molecule has 0 bridgehead atoms. The van der Waals surface area contributed by atoms with Crippen LogP contribution in [0.3, 0.4) is 0 Å². The highest BCUT2D eigenvalue weighted by Gasteiger charge is 2.11. The van der Waals surface area contributed by atoms with Gasteiger partial charge in [0.05, 0.1) is 6.26 Å². The molecule has 0 aliphatic rings. The smallest absolute Gasteiger partial charge is 0.103 e. The molecule has 0 spiro atoms. The number of benzene rings is 1. The molecule has 0 saturated heterocycles. The Morgan fingerprint density at radius 3 is 2.58 bits per heavy atom. The largest absolute Gasteiger partial charge is 0.469 e. The molecule has 19 heavy (non-hydrogen) atoms. The van der Waals surface area contributed by atoms with Gasteiger partial charge in [-0.1, -0.05) is 36.8 Å². The molecule has 0 fully saturated rings. The molecular weight excluding hydrogens is 234 g/mol. The van der Waals surface area contributed by atoms with Gasteiger partial charge in [0.2, 0.25) is 0 Å². The van der Waals surface area contributed by atoms with E-state index in [0.717, 1.165) is 31.6 Å². The lowest BCUT2D eigenvalue weighted by Crippen LogP contribution is -2.22. The number of rotatable bonds is 7. The first-order chi connectivity index (χ1) is 9.29. The third kappa shape index (κ3) is 4.25. The van der Waals surface area contributed by atoms with Gasteiger partial charge in [-0.3, -0.25) is 0 Å². The summed E-state index contributed by atoms with van der Waals surface area (Å²) < 4.78 is 5.42. The summed E-state index contributed by atoms with van der Waals surface area (Å²) >= 11 is 0. The van der Waals surface area contributed by atoms with Gasteiger partial charge in [-0.05, 0) is 44.0 Å². The highest BCUT2D eigenvalue weighted by Crippen LogP contribution is 2.20. The fraction of sp³-hybridized carbons (Fsp3) is 0.412. The van der Waals surface area contributed by atoms with Crippen molar-refractivity contribution in [1.29, 1.82) is 0 Å². The maximum Gasteiger partial charge on any atom is 0.103 e. The van der Waals surface area contributed by atoms with E-state index in [-0.39, 0.29) is 0 Å². The average molecular weight is 257 g/mol. The first-order valence-corrected chi connectivity index (χ1v) is 7.12. The van der Waals surface area contributed by atoms with E-state index < -0.39 is 0 Å². The van der Waals surface area contributed by atoms with Gasteiger partial charge in [0.25, 0.3) is 0 Å². The van der Waals surface area contributed by atoms with Crippen molar-refractivity contribution in [3.05, 3.63) is 59.5 Å². The van der Waals surface area contributed by atoms with Gasteiger partial charge in [0.1, 0.15) is 5.76 Å². The summed E-state index contributed by atoms with van der Waals surface area (Å²) in [6.45, 7) is 5.38. The summed E-state index contributed by atoms with van der Waals surface area (Å²) in [5, 5.41) is 3.63. The van der Waals surface area contributed by atoms with Crippen LogP contribution >= 0.6 is 0 Å². The minimum absolute atomic E-state index is 0.408. The minimum atomic E-state index is 0.408. The maximum absolute atomic E-state index is 5.42. The van der Waals surface area contributed by atoms with E-state index in [4.69, 9.17) is 4.42 Å². The van der Waals surface area contributed by atoms with Crippen LogP contribution < -0.4 is 5.32 Å². The predicted molar refractivity (Wildman–Crippen MR) is 79.2 cm³/mol. The van der Waals surface area contributed by atoms with Gasteiger partial charge < -0.3 is 9.73 Å². The highest BCUT2D eigenvalue weighted by atomic mass is 16.3. The van der Waals surface area contributed by atoms with E-state index in [1.807, 2.05) is 12.1 Å². The molecule has 1 aromatic carbocycles. The lowest BCUT2D eigenvalue weighted by Gasteiger charge is -2.18. The molecule has 0 amide bonds. The number of furan rings is 1. The quantitative estimate of drug-likeness (QED) is 0.801. The highest BCUT2D eigenvalue weighted by molar-refractivity contribution is 5.24. The first kappa shape index (κ1) is 13.9. The second-order valence-corrected chi connectivity index (χ2v) is 5.04. The van der Waals surface area contributed by atoms with E-state index in [1.54, 1.807) is 6.26 Å². The van der Waals surface area contributed by atoms with Crippen LogP contribution in [0.2, 0.25) is 0 Å². The van der Waals surface area contributed by atoms with Crippen molar-refractivity contribution in [3.63, 3.8) is 0 Å². The molecule has 1 N–H and O–H groups in total. The molecule has 2 aromatic rings. The van der Waals surface area contributed by atoms with Crippen LogP contribution in [-0.2, 0) is 6.42 Å². The topological polar surface area (TPSA) is 25.2 Å². The van der Waals surface area contributed by atoms with E-state index in [1.165, 1.54) is 11.1 Å². The molecule has 0 aliphatic heterocycles. The molecule has 2 nitrogen and oxygen atoms in total. The molecule has 1 unspecified atom stereocenters. The lowest BCUT2D eigenvalue weighted by atomic mass is 10.00. The van der Waals surface area contributed by atoms with Crippen molar-refractivity contribution in [1.82, 2.24) is 5.32 Å².